The van der Waals surface area contributed by atoms with Gasteiger partial charge in [0.05, 0.1) is 27.7 Å². The number of ether oxygens (including phenoxy) is 2. The summed E-state index contributed by atoms with van der Waals surface area (Å²) in [4.78, 5) is 35.9. The maximum Gasteiger partial charge on any atom is 0.472 e. The molecule has 0 rings (SSSR count). The molecular weight excluding hydrogens is 1210 g/mol. The summed E-state index contributed by atoms with van der Waals surface area (Å²) in [7, 11) is 1.43. The van der Waals surface area contributed by atoms with Gasteiger partial charge in [0.15, 0.2) is 6.10 Å². The SMILES string of the molecule is CC/C=C\C/C=C\C/C=C\C/C=C\C/C=C\C/C=C\C/C=C\C/C=C\C/C=C\C/C=C\CCCCCCCCCCC(=O)OC(COC(=O)CCCCCCC/C=C\C/C=C\C/C=C\C/C=C\C/C=C\C/C=C\C/C=C\C/C=C\C/C=C\CC)COP(=O)(O)OCC[N+](C)(C)C. The van der Waals surface area contributed by atoms with Crippen molar-refractivity contribution < 1.29 is 42.1 Å². The standard InChI is InChI=1S/C86H134NO8P/c1-6-8-10-12-14-16-18-20-22-24-26-28-30-32-34-36-38-40-41-42-43-44-45-47-49-51-53-55-57-59-61-63-65-67-69-71-73-75-77-79-86(89)95-84(83-94-96(90,91)93-81-80-87(3,4)5)82-92-85(88)78-76-74-72-70-68-66-64-62-60-58-56-54-52-50-48-46-39-37-35-33-31-29-27-25-23-21-19-17-15-13-11-9-7-2/h8-11,14-17,20-23,26-29,32-35,38-40,42-43,45-47,50-53,56-59,62,64,84H,6-7,12-13,18-19,24-25,30-31,36-37,41,44,48-49,54-55,60-61,63,65-83H2,1-5H3/p+1/b10-8-,11-9-,16-14-,17-15-,22-20-,23-21-,28-26-,29-27-,34-32-,35-33-,40-38-,43-42-,46-39-,47-45-,52-50-,53-51-,58-56-,59-57-,64-62-. The van der Waals surface area contributed by atoms with E-state index in [2.05, 4.69) is 245 Å². The van der Waals surface area contributed by atoms with Crippen LogP contribution in [0.2, 0.25) is 0 Å². The van der Waals surface area contributed by atoms with Crippen LogP contribution in [0.5, 0.6) is 0 Å². The van der Waals surface area contributed by atoms with Crippen LogP contribution in [-0.2, 0) is 32.7 Å². The molecule has 0 aliphatic rings. The van der Waals surface area contributed by atoms with Crippen molar-refractivity contribution in [1.82, 2.24) is 0 Å². The first-order valence-electron chi connectivity index (χ1n) is 37.1. The number of quaternary nitrogens is 1. The highest BCUT2D eigenvalue weighted by Gasteiger charge is 2.27. The molecule has 0 amide bonds. The number of carbonyl (C=O) groups is 2. The van der Waals surface area contributed by atoms with Gasteiger partial charge in [-0.25, -0.2) is 4.57 Å². The molecule has 1 N–H and O–H groups in total. The molecule has 0 saturated heterocycles. The Bertz CT molecular complexity index is 2480. The first-order chi connectivity index (χ1) is 47.0. The number of hydrogen-bond donors (Lipinski definition) is 1. The number of nitrogens with zero attached hydrogens (tertiary/aromatic N) is 1. The summed E-state index contributed by atoms with van der Waals surface area (Å²) >= 11 is 0. The minimum atomic E-state index is -4.42. The third-order valence-electron chi connectivity index (χ3n) is 14.7. The molecule has 9 nitrogen and oxygen atoms in total. The van der Waals surface area contributed by atoms with Gasteiger partial charge in [0.1, 0.15) is 19.8 Å². The van der Waals surface area contributed by atoms with Crippen LogP contribution in [0.3, 0.4) is 0 Å². The van der Waals surface area contributed by atoms with Crippen molar-refractivity contribution in [3.8, 4) is 0 Å². The van der Waals surface area contributed by atoms with Crippen molar-refractivity contribution in [2.45, 2.75) is 251 Å². The third-order valence-corrected chi connectivity index (χ3v) is 15.7. The van der Waals surface area contributed by atoms with Gasteiger partial charge in [0.25, 0.3) is 0 Å². The second kappa shape index (κ2) is 73.3. The number of hydrogen-bond acceptors (Lipinski definition) is 7. The number of unbranched alkanes of at least 4 members (excludes halogenated alkanes) is 13. The fourth-order valence-corrected chi connectivity index (χ4v) is 9.84. The third kappa shape index (κ3) is 77.1. The van der Waals surface area contributed by atoms with E-state index < -0.39 is 32.5 Å². The van der Waals surface area contributed by atoms with Gasteiger partial charge in [0.2, 0.25) is 0 Å². The van der Waals surface area contributed by atoms with Gasteiger partial charge in [-0.2, -0.15) is 0 Å². The Kier molecular flexibility index (Phi) is 68.8. The molecule has 10 heteroatoms. The Morgan fingerprint density at radius 3 is 0.833 bits per heavy atom. The van der Waals surface area contributed by atoms with Crippen molar-refractivity contribution >= 4 is 19.8 Å². The zero-order valence-corrected chi connectivity index (χ0v) is 61.9. The van der Waals surface area contributed by atoms with Crippen LogP contribution in [-0.4, -0.2) is 74.9 Å². The topological polar surface area (TPSA) is 108 Å². The van der Waals surface area contributed by atoms with Crippen LogP contribution in [0.1, 0.15) is 245 Å². The van der Waals surface area contributed by atoms with Crippen LogP contribution in [0.25, 0.3) is 0 Å². The molecule has 0 aromatic heterocycles. The zero-order valence-electron chi connectivity index (χ0n) is 61.0. The summed E-state index contributed by atoms with van der Waals surface area (Å²) in [5.74, 6) is -0.847. The predicted octanol–water partition coefficient (Wildman–Crippen LogP) is 24.9. The van der Waals surface area contributed by atoms with E-state index >= 15 is 0 Å². The minimum absolute atomic E-state index is 0.0134. The minimum Gasteiger partial charge on any atom is -0.462 e. The molecule has 536 valence electrons. The number of rotatable bonds is 65. The summed E-state index contributed by atoms with van der Waals surface area (Å²) in [5.41, 5.74) is 0. The van der Waals surface area contributed by atoms with Gasteiger partial charge in [-0.15, -0.1) is 0 Å². The molecule has 0 aromatic carbocycles. The van der Waals surface area contributed by atoms with Gasteiger partial charge >= 0.3 is 19.8 Å². The fourth-order valence-electron chi connectivity index (χ4n) is 9.09. The van der Waals surface area contributed by atoms with Crippen LogP contribution >= 0.6 is 7.82 Å². The van der Waals surface area contributed by atoms with E-state index in [1.807, 2.05) is 21.1 Å². The Morgan fingerprint density at radius 1 is 0.323 bits per heavy atom. The number of esters is 2. The number of likely N-dealkylation sites (N-methyl/N-ethyl adjacent to an activating group) is 1. The van der Waals surface area contributed by atoms with Crippen LogP contribution < -0.4 is 0 Å². The maximum absolute atomic E-state index is 12.9. The smallest absolute Gasteiger partial charge is 0.462 e. The summed E-state index contributed by atoms with van der Waals surface area (Å²) in [5, 5.41) is 0. The van der Waals surface area contributed by atoms with Gasteiger partial charge in [-0.05, 0) is 161 Å². The molecule has 2 unspecified atom stereocenters. The largest absolute Gasteiger partial charge is 0.472 e. The summed E-state index contributed by atoms with van der Waals surface area (Å²) < 4.78 is 34.7. The summed E-state index contributed by atoms with van der Waals surface area (Å²) in [6.45, 7) is 4.14. The lowest BCUT2D eigenvalue weighted by molar-refractivity contribution is -0.870. The van der Waals surface area contributed by atoms with Gasteiger partial charge in [0, 0.05) is 12.8 Å². The van der Waals surface area contributed by atoms with E-state index in [-0.39, 0.29) is 26.1 Å². The van der Waals surface area contributed by atoms with Gasteiger partial charge < -0.3 is 18.9 Å². The average Bonchev–Trinajstić information content (AvgIpc) is 1.98. The molecule has 0 aromatic rings. The predicted molar refractivity (Wildman–Crippen MR) is 417 cm³/mol. The van der Waals surface area contributed by atoms with Gasteiger partial charge in [-0.3, -0.25) is 18.6 Å². The highest BCUT2D eigenvalue weighted by atomic mass is 31.2. The molecule has 0 aliphatic heterocycles. The van der Waals surface area contributed by atoms with Crippen LogP contribution in [0, 0.1) is 0 Å². The quantitative estimate of drug-likeness (QED) is 0.0211. The van der Waals surface area contributed by atoms with Crippen molar-refractivity contribution in [3.63, 3.8) is 0 Å². The highest BCUT2D eigenvalue weighted by molar-refractivity contribution is 7.47. The van der Waals surface area contributed by atoms with E-state index in [4.69, 9.17) is 18.5 Å². The zero-order chi connectivity index (χ0) is 69.7. The molecule has 0 spiro atoms. The van der Waals surface area contributed by atoms with E-state index in [0.29, 0.717) is 23.9 Å². The van der Waals surface area contributed by atoms with Gasteiger partial charge in [-0.1, -0.05) is 303 Å². The lowest BCUT2D eigenvalue weighted by Crippen LogP contribution is -2.37. The number of carbonyl (C=O) groups excluding carboxylic acids is 2. The Balaban J connectivity index is 4.20. The lowest BCUT2D eigenvalue weighted by atomic mass is 10.1. The molecule has 0 heterocycles. The van der Waals surface area contributed by atoms with E-state index in [9.17, 15) is 19.0 Å². The van der Waals surface area contributed by atoms with Crippen LogP contribution in [0.15, 0.2) is 231 Å². The molecule has 0 radical (unpaired) electrons. The molecule has 0 aliphatic carbocycles. The molecule has 0 fully saturated rings. The Labute approximate surface area is 588 Å². The number of phosphoric acid groups is 1. The Morgan fingerprint density at radius 2 is 0.562 bits per heavy atom. The maximum atomic E-state index is 12.9. The van der Waals surface area contributed by atoms with Crippen molar-refractivity contribution in [1.29, 1.82) is 0 Å². The van der Waals surface area contributed by atoms with Crippen molar-refractivity contribution in [2.24, 2.45) is 0 Å². The second-order valence-corrected chi connectivity index (χ2v) is 26.3. The lowest BCUT2D eigenvalue weighted by Gasteiger charge is -2.24. The normalized spacial score (nSPS) is 14.4. The van der Waals surface area contributed by atoms with Crippen molar-refractivity contribution in [3.05, 3.63) is 231 Å². The monoisotopic (exact) mass is 1340 g/mol. The molecular formula is C86H135NO8P+. The molecule has 0 saturated carbocycles. The molecule has 96 heavy (non-hydrogen) atoms. The second-order valence-electron chi connectivity index (χ2n) is 24.9. The summed E-state index contributed by atoms with van der Waals surface area (Å²) in [6, 6.07) is 0. The van der Waals surface area contributed by atoms with E-state index in [0.717, 1.165) is 180 Å². The fraction of sp³-hybridized carbons (Fsp3) is 0.535. The average molecular weight is 1340 g/mol. The molecule has 2 atom stereocenters. The van der Waals surface area contributed by atoms with E-state index in [1.165, 1.54) is 25.7 Å². The van der Waals surface area contributed by atoms with E-state index in [1.54, 1.807) is 0 Å². The van der Waals surface area contributed by atoms with Crippen molar-refractivity contribution in [2.75, 3.05) is 47.5 Å². The number of allylic oxidation sites excluding steroid dienone is 38. The summed E-state index contributed by atoms with van der Waals surface area (Å²) in [6.07, 6.45) is 119. The van der Waals surface area contributed by atoms with Crippen LogP contribution in [0.4, 0.5) is 0 Å². The number of phosphoric ester groups is 1. The Hall–Kier alpha value is -5.93. The highest BCUT2D eigenvalue weighted by Crippen LogP contribution is 2.43. The molecule has 0 bridgehead atoms. The first-order valence-corrected chi connectivity index (χ1v) is 38.6. The first kappa shape index (κ1) is 90.1.